The Labute approximate surface area is 91.9 Å². The van der Waals surface area contributed by atoms with Gasteiger partial charge in [-0.25, -0.2) is 4.98 Å². The lowest BCUT2D eigenvalue weighted by Gasteiger charge is -2.07. The zero-order chi connectivity index (χ0) is 11.1. The van der Waals surface area contributed by atoms with Crippen molar-refractivity contribution in [2.24, 2.45) is 5.92 Å². The first kappa shape index (κ1) is 12.0. The average Bonchev–Trinajstić information content (AvgIpc) is 2.20. The molecule has 84 valence electrons. The van der Waals surface area contributed by atoms with Crippen LogP contribution >= 0.6 is 0 Å². The van der Waals surface area contributed by atoms with Crippen LogP contribution < -0.4 is 10.1 Å². The van der Waals surface area contributed by atoms with Crippen molar-refractivity contribution in [1.82, 2.24) is 10.3 Å². The number of nitrogens with one attached hydrogen (secondary N) is 1. The van der Waals surface area contributed by atoms with Crippen LogP contribution in [0.15, 0.2) is 18.3 Å². The first-order valence-corrected chi connectivity index (χ1v) is 5.44. The van der Waals surface area contributed by atoms with Crippen LogP contribution in [0.1, 0.15) is 25.8 Å². The molecule has 3 heteroatoms. The highest BCUT2D eigenvalue weighted by atomic mass is 16.5. The summed E-state index contributed by atoms with van der Waals surface area (Å²) in [6.45, 7) is 5.97. The Morgan fingerprint density at radius 3 is 2.73 bits per heavy atom. The van der Waals surface area contributed by atoms with E-state index in [1.54, 1.807) is 0 Å². The number of hydrogen-bond acceptors (Lipinski definition) is 3. The summed E-state index contributed by atoms with van der Waals surface area (Å²) in [6.07, 6.45) is 2.92. The third-order valence-corrected chi connectivity index (χ3v) is 2.12. The van der Waals surface area contributed by atoms with E-state index in [1.807, 2.05) is 25.4 Å². The normalized spacial score (nSPS) is 10.7. The first-order chi connectivity index (χ1) is 7.22. The maximum atomic E-state index is 5.52. The van der Waals surface area contributed by atoms with Crippen LogP contribution in [0.5, 0.6) is 5.88 Å². The maximum Gasteiger partial charge on any atom is 0.213 e. The van der Waals surface area contributed by atoms with E-state index >= 15 is 0 Å². The van der Waals surface area contributed by atoms with Gasteiger partial charge >= 0.3 is 0 Å². The molecule has 1 aromatic rings. The van der Waals surface area contributed by atoms with Gasteiger partial charge in [0.2, 0.25) is 5.88 Å². The fourth-order valence-electron chi connectivity index (χ4n) is 1.20. The highest BCUT2D eigenvalue weighted by Crippen LogP contribution is 2.09. The van der Waals surface area contributed by atoms with Crippen LogP contribution in [0, 0.1) is 5.92 Å². The summed E-state index contributed by atoms with van der Waals surface area (Å²) in [6, 6.07) is 3.96. The molecule has 15 heavy (non-hydrogen) atoms. The molecule has 0 amide bonds. The van der Waals surface area contributed by atoms with Gasteiger partial charge in [-0.3, -0.25) is 0 Å². The van der Waals surface area contributed by atoms with Crippen molar-refractivity contribution in [3.8, 4) is 5.88 Å². The summed E-state index contributed by atoms with van der Waals surface area (Å²) in [5.74, 6) is 1.39. The average molecular weight is 208 g/mol. The molecule has 0 aliphatic carbocycles. The number of aromatic nitrogens is 1. The predicted octanol–water partition coefficient (Wildman–Crippen LogP) is 2.23. The SMILES string of the molecule is CNCc1ccc(OCCC(C)C)nc1. The van der Waals surface area contributed by atoms with Crippen LogP contribution in [0.4, 0.5) is 0 Å². The molecule has 3 nitrogen and oxygen atoms in total. The minimum Gasteiger partial charge on any atom is -0.478 e. The Morgan fingerprint density at radius 1 is 1.40 bits per heavy atom. The molecule has 0 radical (unpaired) electrons. The molecule has 0 unspecified atom stereocenters. The van der Waals surface area contributed by atoms with Gasteiger partial charge < -0.3 is 10.1 Å². The van der Waals surface area contributed by atoms with Crippen molar-refractivity contribution in [2.45, 2.75) is 26.8 Å². The second-order valence-electron chi connectivity index (χ2n) is 4.07. The second kappa shape index (κ2) is 6.40. The Morgan fingerprint density at radius 2 is 2.20 bits per heavy atom. The largest absolute Gasteiger partial charge is 0.478 e. The molecule has 1 N–H and O–H groups in total. The standard InChI is InChI=1S/C12H20N2O/c1-10(2)6-7-15-12-5-4-11(8-13-3)9-14-12/h4-5,9-10,13H,6-8H2,1-3H3. The molecule has 0 aromatic carbocycles. The smallest absolute Gasteiger partial charge is 0.213 e. The van der Waals surface area contributed by atoms with E-state index in [2.05, 4.69) is 24.1 Å². The Balaban J connectivity index is 2.36. The van der Waals surface area contributed by atoms with Gasteiger partial charge in [0, 0.05) is 18.8 Å². The number of pyridine rings is 1. The topological polar surface area (TPSA) is 34.1 Å². The molecular weight excluding hydrogens is 188 g/mol. The molecular formula is C12H20N2O. The molecule has 1 aromatic heterocycles. The van der Waals surface area contributed by atoms with Gasteiger partial charge in [-0.15, -0.1) is 0 Å². The van der Waals surface area contributed by atoms with E-state index in [0.717, 1.165) is 25.5 Å². The van der Waals surface area contributed by atoms with Crippen molar-refractivity contribution in [1.29, 1.82) is 0 Å². The number of rotatable bonds is 6. The molecule has 0 saturated carbocycles. The molecule has 0 saturated heterocycles. The van der Waals surface area contributed by atoms with E-state index in [9.17, 15) is 0 Å². The molecule has 1 heterocycles. The summed E-state index contributed by atoms with van der Waals surface area (Å²) >= 11 is 0. The van der Waals surface area contributed by atoms with Crippen molar-refractivity contribution in [3.63, 3.8) is 0 Å². The van der Waals surface area contributed by atoms with Crippen molar-refractivity contribution in [3.05, 3.63) is 23.9 Å². The summed E-state index contributed by atoms with van der Waals surface area (Å²) < 4.78 is 5.52. The summed E-state index contributed by atoms with van der Waals surface area (Å²) in [5, 5.41) is 3.08. The zero-order valence-corrected chi connectivity index (χ0v) is 9.79. The van der Waals surface area contributed by atoms with Gasteiger partial charge in [0.25, 0.3) is 0 Å². The lowest BCUT2D eigenvalue weighted by molar-refractivity contribution is 0.279. The van der Waals surface area contributed by atoms with Crippen molar-refractivity contribution in [2.75, 3.05) is 13.7 Å². The monoisotopic (exact) mass is 208 g/mol. The van der Waals surface area contributed by atoms with Crippen LogP contribution in [0.2, 0.25) is 0 Å². The van der Waals surface area contributed by atoms with Gasteiger partial charge in [-0.05, 0) is 24.9 Å². The molecule has 1 rings (SSSR count). The fourth-order valence-corrected chi connectivity index (χ4v) is 1.20. The Hall–Kier alpha value is -1.09. The molecule has 0 fully saturated rings. The van der Waals surface area contributed by atoms with E-state index in [1.165, 1.54) is 5.56 Å². The zero-order valence-electron chi connectivity index (χ0n) is 9.79. The molecule has 0 aliphatic heterocycles. The number of hydrogen-bond donors (Lipinski definition) is 1. The predicted molar refractivity (Wildman–Crippen MR) is 62.0 cm³/mol. The summed E-state index contributed by atoms with van der Waals surface area (Å²) in [7, 11) is 1.92. The minimum atomic E-state index is 0.675. The van der Waals surface area contributed by atoms with Gasteiger partial charge in [-0.1, -0.05) is 19.9 Å². The van der Waals surface area contributed by atoms with Gasteiger partial charge in [0.05, 0.1) is 6.61 Å². The molecule has 0 atom stereocenters. The number of ether oxygens (including phenoxy) is 1. The minimum absolute atomic E-state index is 0.675. The highest BCUT2D eigenvalue weighted by molar-refractivity contribution is 5.17. The van der Waals surface area contributed by atoms with Crippen LogP contribution in [0.3, 0.4) is 0 Å². The van der Waals surface area contributed by atoms with E-state index < -0.39 is 0 Å². The van der Waals surface area contributed by atoms with Gasteiger partial charge in [0.1, 0.15) is 0 Å². The molecule has 0 bridgehead atoms. The summed E-state index contributed by atoms with van der Waals surface area (Å²) in [4.78, 5) is 4.23. The van der Waals surface area contributed by atoms with E-state index in [-0.39, 0.29) is 0 Å². The first-order valence-electron chi connectivity index (χ1n) is 5.44. The molecule has 0 aliphatic rings. The van der Waals surface area contributed by atoms with Gasteiger partial charge in [0.15, 0.2) is 0 Å². The Bertz CT molecular complexity index is 269. The Kier molecular flexibility index (Phi) is 5.12. The van der Waals surface area contributed by atoms with Crippen molar-refractivity contribution < 1.29 is 4.74 Å². The third kappa shape index (κ3) is 4.79. The maximum absolute atomic E-state index is 5.52. The third-order valence-electron chi connectivity index (χ3n) is 2.12. The van der Waals surface area contributed by atoms with Crippen LogP contribution in [0.25, 0.3) is 0 Å². The van der Waals surface area contributed by atoms with E-state index in [0.29, 0.717) is 5.92 Å². The quantitative estimate of drug-likeness (QED) is 0.778. The highest BCUT2D eigenvalue weighted by Gasteiger charge is 1.98. The lowest BCUT2D eigenvalue weighted by Crippen LogP contribution is -2.06. The summed E-state index contributed by atoms with van der Waals surface area (Å²) in [5.41, 5.74) is 1.17. The number of nitrogens with zero attached hydrogens (tertiary/aromatic N) is 1. The van der Waals surface area contributed by atoms with Crippen LogP contribution in [-0.4, -0.2) is 18.6 Å². The fraction of sp³-hybridized carbons (Fsp3) is 0.583. The second-order valence-corrected chi connectivity index (χ2v) is 4.07. The molecule has 0 spiro atoms. The van der Waals surface area contributed by atoms with Crippen LogP contribution in [-0.2, 0) is 6.54 Å². The van der Waals surface area contributed by atoms with Crippen molar-refractivity contribution >= 4 is 0 Å². The van der Waals surface area contributed by atoms with E-state index in [4.69, 9.17) is 4.74 Å². The lowest BCUT2D eigenvalue weighted by atomic mass is 10.1. The van der Waals surface area contributed by atoms with Gasteiger partial charge in [-0.2, -0.15) is 0 Å².